The summed E-state index contributed by atoms with van der Waals surface area (Å²) in [5, 5.41) is 12.3. The molecule has 0 bridgehead atoms. The first kappa shape index (κ1) is 16.0. The van der Waals surface area contributed by atoms with E-state index in [1.54, 1.807) is 49.4 Å². The highest BCUT2D eigenvalue weighted by Gasteiger charge is 2.08. The van der Waals surface area contributed by atoms with Crippen molar-refractivity contribution in [2.45, 2.75) is 26.4 Å². The molecule has 1 amide bonds. The fourth-order valence-corrected chi connectivity index (χ4v) is 2.00. The van der Waals surface area contributed by atoms with Gasteiger partial charge >= 0.3 is 0 Å². The first-order valence-electron chi connectivity index (χ1n) is 7.42. The number of hydrogen-bond acceptors (Lipinski definition) is 3. The quantitative estimate of drug-likeness (QED) is 0.853. The Labute approximate surface area is 130 Å². The zero-order valence-electron chi connectivity index (χ0n) is 12.9. The van der Waals surface area contributed by atoms with E-state index in [1.165, 1.54) is 0 Å². The van der Waals surface area contributed by atoms with Crippen molar-refractivity contribution < 1.29 is 14.6 Å². The Balaban J connectivity index is 2.05. The van der Waals surface area contributed by atoms with E-state index in [-0.39, 0.29) is 5.91 Å². The number of amides is 1. The number of aliphatic hydroxyl groups excluding tert-OH is 1. The molecule has 116 valence electrons. The molecular formula is C18H21NO3. The van der Waals surface area contributed by atoms with Crippen molar-refractivity contribution in [2.75, 3.05) is 11.9 Å². The van der Waals surface area contributed by atoms with Gasteiger partial charge in [0.25, 0.3) is 5.91 Å². The standard InChI is InChI=1S/C18H21NO3/c1-3-11-22-17-6-4-5-15(12-17)18(21)19-16-9-7-14(8-10-16)13(2)20/h4-10,12-13,20H,3,11H2,1-2H3,(H,19,21). The van der Waals surface area contributed by atoms with Crippen molar-refractivity contribution in [3.63, 3.8) is 0 Å². The maximum Gasteiger partial charge on any atom is 0.255 e. The van der Waals surface area contributed by atoms with Gasteiger partial charge in [-0.05, 0) is 49.2 Å². The summed E-state index contributed by atoms with van der Waals surface area (Å²) >= 11 is 0. The van der Waals surface area contributed by atoms with Crippen LogP contribution in [0, 0.1) is 0 Å². The second-order valence-corrected chi connectivity index (χ2v) is 5.13. The van der Waals surface area contributed by atoms with Gasteiger partial charge in [0.05, 0.1) is 12.7 Å². The Bertz CT molecular complexity index is 620. The van der Waals surface area contributed by atoms with Gasteiger partial charge in [-0.15, -0.1) is 0 Å². The SMILES string of the molecule is CCCOc1cccc(C(=O)Nc2ccc(C(C)O)cc2)c1. The number of carbonyl (C=O) groups is 1. The normalized spacial score (nSPS) is 11.8. The molecule has 0 spiro atoms. The Morgan fingerprint density at radius 2 is 1.95 bits per heavy atom. The number of nitrogens with one attached hydrogen (secondary N) is 1. The van der Waals surface area contributed by atoms with Gasteiger partial charge in [-0.2, -0.15) is 0 Å². The van der Waals surface area contributed by atoms with E-state index in [4.69, 9.17) is 4.74 Å². The van der Waals surface area contributed by atoms with E-state index >= 15 is 0 Å². The van der Waals surface area contributed by atoms with Crippen molar-refractivity contribution >= 4 is 11.6 Å². The van der Waals surface area contributed by atoms with E-state index < -0.39 is 6.10 Å². The third-order valence-corrected chi connectivity index (χ3v) is 3.22. The number of carbonyl (C=O) groups excluding carboxylic acids is 1. The fourth-order valence-electron chi connectivity index (χ4n) is 2.00. The second-order valence-electron chi connectivity index (χ2n) is 5.13. The number of anilines is 1. The molecule has 4 heteroatoms. The maximum absolute atomic E-state index is 12.2. The Kier molecular flexibility index (Phi) is 5.55. The van der Waals surface area contributed by atoms with Crippen LogP contribution in [0.15, 0.2) is 48.5 Å². The molecule has 1 atom stereocenters. The maximum atomic E-state index is 12.2. The molecule has 2 rings (SSSR count). The smallest absolute Gasteiger partial charge is 0.255 e. The zero-order chi connectivity index (χ0) is 15.9. The summed E-state index contributed by atoms with van der Waals surface area (Å²) in [6.07, 6.45) is 0.406. The topological polar surface area (TPSA) is 58.6 Å². The summed E-state index contributed by atoms with van der Waals surface area (Å²) < 4.78 is 5.53. The highest BCUT2D eigenvalue weighted by Crippen LogP contribution is 2.18. The Morgan fingerprint density at radius 1 is 1.23 bits per heavy atom. The lowest BCUT2D eigenvalue weighted by Crippen LogP contribution is -2.12. The summed E-state index contributed by atoms with van der Waals surface area (Å²) in [5.74, 6) is 0.505. The van der Waals surface area contributed by atoms with E-state index in [2.05, 4.69) is 5.32 Å². The van der Waals surface area contributed by atoms with E-state index in [1.807, 2.05) is 13.0 Å². The van der Waals surface area contributed by atoms with Gasteiger partial charge in [-0.3, -0.25) is 4.79 Å². The van der Waals surface area contributed by atoms with Gasteiger partial charge in [0.1, 0.15) is 5.75 Å². The molecule has 0 aromatic heterocycles. The first-order chi connectivity index (χ1) is 10.6. The molecule has 0 fully saturated rings. The molecule has 0 heterocycles. The van der Waals surface area contributed by atoms with Crippen LogP contribution in [-0.4, -0.2) is 17.6 Å². The molecule has 2 N–H and O–H groups in total. The molecule has 2 aromatic carbocycles. The number of rotatable bonds is 6. The fraction of sp³-hybridized carbons (Fsp3) is 0.278. The lowest BCUT2D eigenvalue weighted by atomic mass is 10.1. The number of hydrogen-bond donors (Lipinski definition) is 2. The molecule has 0 aliphatic carbocycles. The van der Waals surface area contributed by atoms with Crippen LogP contribution >= 0.6 is 0 Å². The second kappa shape index (κ2) is 7.61. The predicted molar refractivity (Wildman–Crippen MR) is 87.3 cm³/mol. The Hall–Kier alpha value is -2.33. The van der Waals surface area contributed by atoms with Crippen LogP contribution in [0.1, 0.15) is 42.3 Å². The van der Waals surface area contributed by atoms with Crippen molar-refractivity contribution in [1.29, 1.82) is 0 Å². The summed E-state index contributed by atoms with van der Waals surface area (Å²) in [6, 6.07) is 14.3. The van der Waals surface area contributed by atoms with Crippen molar-refractivity contribution in [3.8, 4) is 5.75 Å². The zero-order valence-corrected chi connectivity index (χ0v) is 12.9. The number of ether oxygens (including phenoxy) is 1. The van der Waals surface area contributed by atoms with Gasteiger partial charge < -0.3 is 15.2 Å². The van der Waals surface area contributed by atoms with E-state index in [0.717, 1.165) is 12.0 Å². The predicted octanol–water partition coefficient (Wildman–Crippen LogP) is 3.78. The van der Waals surface area contributed by atoms with Crippen LogP contribution in [0.4, 0.5) is 5.69 Å². The largest absolute Gasteiger partial charge is 0.494 e. The molecule has 0 saturated carbocycles. The monoisotopic (exact) mass is 299 g/mol. The molecule has 4 nitrogen and oxygen atoms in total. The molecule has 1 unspecified atom stereocenters. The van der Waals surface area contributed by atoms with Gasteiger partial charge in [-0.1, -0.05) is 25.1 Å². The van der Waals surface area contributed by atoms with Crippen LogP contribution in [-0.2, 0) is 0 Å². The lowest BCUT2D eigenvalue weighted by molar-refractivity contribution is 0.102. The Morgan fingerprint density at radius 3 is 2.59 bits per heavy atom. The van der Waals surface area contributed by atoms with Crippen LogP contribution < -0.4 is 10.1 Å². The van der Waals surface area contributed by atoms with E-state index in [9.17, 15) is 9.90 Å². The number of benzene rings is 2. The molecule has 0 radical (unpaired) electrons. The minimum atomic E-state index is -0.517. The average molecular weight is 299 g/mol. The van der Waals surface area contributed by atoms with E-state index in [0.29, 0.717) is 23.6 Å². The van der Waals surface area contributed by atoms with Crippen LogP contribution in [0.3, 0.4) is 0 Å². The van der Waals surface area contributed by atoms with Gasteiger partial charge in [0, 0.05) is 11.3 Å². The summed E-state index contributed by atoms with van der Waals surface area (Å²) in [6.45, 7) is 4.37. The molecule has 0 saturated heterocycles. The first-order valence-corrected chi connectivity index (χ1v) is 7.42. The van der Waals surface area contributed by atoms with Crippen molar-refractivity contribution in [1.82, 2.24) is 0 Å². The molecular weight excluding hydrogens is 278 g/mol. The summed E-state index contributed by atoms with van der Waals surface area (Å²) in [5.41, 5.74) is 2.05. The average Bonchev–Trinajstić information content (AvgIpc) is 2.53. The van der Waals surface area contributed by atoms with Crippen LogP contribution in [0.25, 0.3) is 0 Å². The minimum absolute atomic E-state index is 0.188. The van der Waals surface area contributed by atoms with Crippen LogP contribution in [0.2, 0.25) is 0 Å². The van der Waals surface area contributed by atoms with Crippen molar-refractivity contribution in [2.24, 2.45) is 0 Å². The molecule has 0 aliphatic heterocycles. The minimum Gasteiger partial charge on any atom is -0.494 e. The number of aliphatic hydroxyl groups is 1. The highest BCUT2D eigenvalue weighted by molar-refractivity contribution is 6.04. The summed E-state index contributed by atoms with van der Waals surface area (Å²) in [4.78, 5) is 12.2. The lowest BCUT2D eigenvalue weighted by Gasteiger charge is -2.09. The summed E-state index contributed by atoms with van der Waals surface area (Å²) in [7, 11) is 0. The highest BCUT2D eigenvalue weighted by atomic mass is 16.5. The van der Waals surface area contributed by atoms with Gasteiger partial charge in [0.15, 0.2) is 0 Å². The van der Waals surface area contributed by atoms with Crippen LogP contribution in [0.5, 0.6) is 5.75 Å². The third kappa shape index (κ3) is 4.33. The molecule has 2 aromatic rings. The van der Waals surface area contributed by atoms with Gasteiger partial charge in [0.2, 0.25) is 0 Å². The third-order valence-electron chi connectivity index (χ3n) is 3.22. The van der Waals surface area contributed by atoms with Crippen molar-refractivity contribution in [3.05, 3.63) is 59.7 Å². The molecule has 22 heavy (non-hydrogen) atoms. The van der Waals surface area contributed by atoms with Gasteiger partial charge in [-0.25, -0.2) is 0 Å². The molecule has 0 aliphatic rings.